The van der Waals surface area contributed by atoms with E-state index in [1.807, 2.05) is 36.4 Å². The zero-order valence-corrected chi connectivity index (χ0v) is 12.0. The topological polar surface area (TPSA) is 78.6 Å². The predicted octanol–water partition coefficient (Wildman–Crippen LogP) is 3.23. The van der Waals surface area contributed by atoms with Gasteiger partial charge in [-0.2, -0.15) is 0 Å². The molecule has 0 saturated carbocycles. The van der Waals surface area contributed by atoms with Gasteiger partial charge in [0.1, 0.15) is 10.9 Å². The Bertz CT molecular complexity index is 1160. The first-order chi connectivity index (χ1) is 11.3. The van der Waals surface area contributed by atoms with Crippen molar-refractivity contribution in [3.05, 3.63) is 76.4 Å². The maximum Gasteiger partial charge on any atom is 0.256 e. The van der Waals surface area contributed by atoms with Crippen LogP contribution >= 0.6 is 0 Å². The van der Waals surface area contributed by atoms with Gasteiger partial charge in [0.15, 0.2) is 5.76 Å². The number of nitrogens with zero attached hydrogens (tertiary/aromatic N) is 1. The van der Waals surface area contributed by atoms with Crippen molar-refractivity contribution in [1.29, 1.82) is 0 Å². The number of aromatic amines is 1. The van der Waals surface area contributed by atoms with Crippen molar-refractivity contribution in [3.63, 3.8) is 0 Å². The van der Waals surface area contributed by atoms with E-state index < -0.39 is 0 Å². The molecule has 0 bridgehead atoms. The smallest absolute Gasteiger partial charge is 0.256 e. The van der Waals surface area contributed by atoms with Crippen molar-refractivity contribution in [1.82, 2.24) is 4.98 Å². The van der Waals surface area contributed by atoms with Crippen molar-refractivity contribution >= 4 is 21.7 Å². The first-order valence-electron chi connectivity index (χ1n) is 7.10. The Morgan fingerprint density at radius 3 is 2.52 bits per heavy atom. The summed E-state index contributed by atoms with van der Waals surface area (Å²) in [6.07, 6.45) is 0. The van der Waals surface area contributed by atoms with Gasteiger partial charge in [-0.05, 0) is 29.7 Å². The Labute approximate surface area is 130 Å². The number of hydrogen-bond donors (Lipinski definition) is 2. The van der Waals surface area contributed by atoms with Crippen molar-refractivity contribution in [2.24, 2.45) is 5.16 Å². The third-order valence-corrected chi connectivity index (χ3v) is 3.78. The Morgan fingerprint density at radius 2 is 1.70 bits per heavy atom. The second kappa shape index (κ2) is 5.14. The molecular formula is C18H12N2O3. The standard InChI is InChI=1S/C18H12N2O3/c21-18-12-6-2-1-5-11(12)9-15(19-18)17-10-14(20-22)13-7-3-4-8-16(13)23-17/h1-10,22H,(H,19,21). The van der Waals surface area contributed by atoms with Gasteiger partial charge in [-0.15, -0.1) is 0 Å². The molecule has 0 radical (unpaired) electrons. The maximum absolute atomic E-state index is 12.2. The van der Waals surface area contributed by atoms with Gasteiger partial charge in [-0.25, -0.2) is 0 Å². The van der Waals surface area contributed by atoms with E-state index in [4.69, 9.17) is 4.42 Å². The van der Waals surface area contributed by atoms with Crippen molar-refractivity contribution in [2.75, 3.05) is 0 Å². The van der Waals surface area contributed by atoms with E-state index in [-0.39, 0.29) is 5.56 Å². The molecule has 0 amide bonds. The summed E-state index contributed by atoms with van der Waals surface area (Å²) in [6.45, 7) is 0. The van der Waals surface area contributed by atoms with Crippen molar-refractivity contribution < 1.29 is 9.62 Å². The molecular weight excluding hydrogens is 292 g/mol. The molecule has 5 nitrogen and oxygen atoms in total. The van der Waals surface area contributed by atoms with Crippen LogP contribution in [0.25, 0.3) is 33.2 Å². The van der Waals surface area contributed by atoms with Crippen LogP contribution < -0.4 is 10.9 Å². The van der Waals surface area contributed by atoms with Gasteiger partial charge < -0.3 is 14.6 Å². The molecule has 0 atom stereocenters. The van der Waals surface area contributed by atoms with Crippen LogP contribution in [0.2, 0.25) is 0 Å². The molecule has 4 aromatic rings. The van der Waals surface area contributed by atoms with Crippen LogP contribution in [0.1, 0.15) is 0 Å². The van der Waals surface area contributed by atoms with Gasteiger partial charge in [-0.1, -0.05) is 35.5 Å². The number of hydrogen-bond acceptors (Lipinski definition) is 4. The van der Waals surface area contributed by atoms with Crippen LogP contribution in [0.15, 0.2) is 75.0 Å². The van der Waals surface area contributed by atoms with Crippen LogP contribution in [-0.4, -0.2) is 10.2 Å². The number of pyridine rings is 1. The van der Waals surface area contributed by atoms with Crippen LogP contribution in [0, 0.1) is 0 Å². The summed E-state index contributed by atoms with van der Waals surface area (Å²) in [5, 5.41) is 15.1. The first-order valence-corrected chi connectivity index (χ1v) is 7.10. The van der Waals surface area contributed by atoms with Crippen LogP contribution in [-0.2, 0) is 0 Å². The quantitative estimate of drug-likeness (QED) is 0.418. The largest absolute Gasteiger partial charge is 0.454 e. The molecule has 5 heteroatoms. The zero-order valence-electron chi connectivity index (χ0n) is 12.0. The molecule has 0 unspecified atom stereocenters. The van der Waals surface area contributed by atoms with Crippen molar-refractivity contribution in [2.45, 2.75) is 0 Å². The average Bonchev–Trinajstić information content (AvgIpc) is 2.60. The number of fused-ring (bicyclic) bond motifs is 2. The molecule has 0 spiro atoms. The highest BCUT2D eigenvalue weighted by Gasteiger charge is 2.09. The Morgan fingerprint density at radius 1 is 0.957 bits per heavy atom. The van der Waals surface area contributed by atoms with Gasteiger partial charge >= 0.3 is 0 Å². The van der Waals surface area contributed by atoms with E-state index in [9.17, 15) is 10.0 Å². The number of para-hydroxylation sites is 1. The number of aromatic nitrogens is 1. The van der Waals surface area contributed by atoms with Gasteiger partial charge in [0, 0.05) is 16.8 Å². The lowest BCUT2D eigenvalue weighted by molar-refractivity contribution is 0.302. The third kappa shape index (κ3) is 2.19. The Kier molecular flexibility index (Phi) is 2.98. The molecule has 23 heavy (non-hydrogen) atoms. The first kappa shape index (κ1) is 13.3. The predicted molar refractivity (Wildman–Crippen MR) is 87.1 cm³/mol. The molecule has 0 aliphatic heterocycles. The highest BCUT2D eigenvalue weighted by Crippen LogP contribution is 2.22. The van der Waals surface area contributed by atoms with E-state index in [0.29, 0.717) is 33.2 Å². The fraction of sp³-hybridized carbons (Fsp3) is 0. The second-order valence-corrected chi connectivity index (χ2v) is 5.19. The van der Waals surface area contributed by atoms with Crippen LogP contribution in [0.4, 0.5) is 0 Å². The number of H-pyrrole nitrogens is 1. The summed E-state index contributed by atoms with van der Waals surface area (Å²) < 4.78 is 5.85. The molecule has 2 N–H and O–H groups in total. The minimum Gasteiger partial charge on any atom is -0.454 e. The number of benzene rings is 2. The van der Waals surface area contributed by atoms with E-state index >= 15 is 0 Å². The summed E-state index contributed by atoms with van der Waals surface area (Å²) in [5.74, 6) is 0.430. The van der Waals surface area contributed by atoms with E-state index in [1.54, 1.807) is 24.3 Å². The van der Waals surface area contributed by atoms with Gasteiger partial charge in [0.05, 0.1) is 5.69 Å². The molecule has 2 aromatic carbocycles. The summed E-state index contributed by atoms with van der Waals surface area (Å²) >= 11 is 0. The Balaban J connectivity index is 2.05. The van der Waals surface area contributed by atoms with Gasteiger partial charge in [0.25, 0.3) is 5.56 Å². The fourth-order valence-corrected chi connectivity index (χ4v) is 2.68. The summed E-state index contributed by atoms with van der Waals surface area (Å²) in [7, 11) is 0. The summed E-state index contributed by atoms with van der Waals surface area (Å²) in [5.41, 5.74) is 0.917. The number of nitrogens with one attached hydrogen (secondary N) is 1. The lowest BCUT2D eigenvalue weighted by Crippen LogP contribution is -2.09. The molecule has 2 aromatic heterocycles. The van der Waals surface area contributed by atoms with E-state index in [1.165, 1.54) is 0 Å². The van der Waals surface area contributed by atoms with Crippen LogP contribution in [0.5, 0.6) is 0 Å². The molecule has 0 aliphatic carbocycles. The van der Waals surface area contributed by atoms with E-state index in [0.717, 1.165) is 5.39 Å². The second-order valence-electron chi connectivity index (χ2n) is 5.19. The Hall–Kier alpha value is -3.34. The lowest BCUT2D eigenvalue weighted by Gasteiger charge is -2.05. The average molecular weight is 304 g/mol. The lowest BCUT2D eigenvalue weighted by atomic mass is 10.1. The van der Waals surface area contributed by atoms with Crippen LogP contribution in [0.3, 0.4) is 0 Å². The molecule has 112 valence electrons. The molecule has 0 aliphatic rings. The fourth-order valence-electron chi connectivity index (χ4n) is 2.68. The normalized spacial score (nSPS) is 12.1. The minimum absolute atomic E-state index is 0.191. The minimum atomic E-state index is -0.191. The zero-order chi connectivity index (χ0) is 15.8. The monoisotopic (exact) mass is 304 g/mol. The molecule has 2 heterocycles. The molecule has 4 rings (SSSR count). The molecule has 0 saturated heterocycles. The van der Waals surface area contributed by atoms with Gasteiger partial charge in [-0.3, -0.25) is 4.79 Å². The summed E-state index contributed by atoms with van der Waals surface area (Å²) in [6, 6.07) is 18.0. The third-order valence-electron chi connectivity index (χ3n) is 3.78. The highest BCUT2D eigenvalue weighted by atomic mass is 16.4. The van der Waals surface area contributed by atoms with Gasteiger partial charge in [0.2, 0.25) is 0 Å². The highest BCUT2D eigenvalue weighted by molar-refractivity contribution is 5.85. The molecule has 0 fully saturated rings. The number of rotatable bonds is 1. The van der Waals surface area contributed by atoms with Crippen molar-refractivity contribution in [3.8, 4) is 11.5 Å². The summed E-state index contributed by atoms with van der Waals surface area (Å²) in [4.78, 5) is 15.0. The SMILES string of the molecule is O=c1[nH]c(-c2cc(=NO)c3ccccc3o2)cc2ccccc12. The maximum atomic E-state index is 12.2. The van der Waals surface area contributed by atoms with E-state index in [2.05, 4.69) is 10.1 Å².